The molecule has 1 amide bonds. The maximum Gasteiger partial charge on any atom is 0.417 e. The monoisotopic (exact) mass is 808 g/mol. The molecule has 3 heterocycles. The van der Waals surface area contributed by atoms with Crippen molar-refractivity contribution in [1.82, 2.24) is 14.3 Å². The highest BCUT2D eigenvalue weighted by molar-refractivity contribution is 5.86. The van der Waals surface area contributed by atoms with E-state index in [1.54, 1.807) is 27.7 Å². The molecule has 0 unspecified atom stereocenters. The second-order valence-electron chi connectivity index (χ2n) is 15.2. The number of aromatic nitrogens is 3. The number of anilines is 5. The molecule has 2 saturated heterocycles. The van der Waals surface area contributed by atoms with E-state index in [1.807, 2.05) is 117 Å². The third kappa shape index (κ3) is 9.42. The van der Waals surface area contributed by atoms with E-state index in [0.717, 1.165) is 86.4 Å². The number of ether oxygens (including phenoxy) is 2. The van der Waals surface area contributed by atoms with E-state index < -0.39 is 6.09 Å². The average molecular weight is 809 g/mol. The second kappa shape index (κ2) is 18.5. The molecule has 310 valence electrons. The van der Waals surface area contributed by atoms with E-state index in [2.05, 4.69) is 42.1 Å². The molecule has 8 rings (SSSR count). The normalized spacial score (nSPS) is 15.4. The number of piperazine rings is 2. The number of carbonyl (C=O) groups excluding carboxylic acids is 1. The van der Waals surface area contributed by atoms with E-state index in [1.165, 1.54) is 0 Å². The number of carbonyl (C=O) groups is 1. The lowest BCUT2D eigenvalue weighted by Crippen LogP contribution is -2.46. The van der Waals surface area contributed by atoms with Crippen molar-refractivity contribution in [3.05, 3.63) is 150 Å². The van der Waals surface area contributed by atoms with Gasteiger partial charge in [0.25, 0.3) is 0 Å². The second-order valence-corrected chi connectivity index (χ2v) is 15.2. The smallest absolute Gasteiger partial charge is 0.417 e. The minimum Gasteiger partial charge on any atom is -0.508 e. The van der Waals surface area contributed by atoms with E-state index >= 15 is 0 Å². The van der Waals surface area contributed by atoms with Crippen molar-refractivity contribution in [1.29, 1.82) is 0 Å². The van der Waals surface area contributed by atoms with E-state index in [0.29, 0.717) is 24.5 Å². The molecule has 6 aromatic rings. The molecule has 60 heavy (non-hydrogen) atoms. The first-order valence-corrected chi connectivity index (χ1v) is 20.7. The van der Waals surface area contributed by atoms with Crippen molar-refractivity contribution >= 4 is 34.5 Å². The van der Waals surface area contributed by atoms with Crippen molar-refractivity contribution < 1.29 is 19.4 Å². The van der Waals surface area contributed by atoms with Crippen molar-refractivity contribution in [3.8, 4) is 17.2 Å². The SMILES string of the molecule is CC[C@@H]([C@H](C)OCc1ccccc1)n1ncn(-c2ccc(N3CCN(c4ccc(OC(=O)Nc5ccc(N6CCN(c7ccc(O)cc7)CC6)cc5)cc4)CC3)cc2)c1=O. The van der Waals surface area contributed by atoms with Crippen molar-refractivity contribution in [2.45, 2.75) is 39.0 Å². The van der Waals surface area contributed by atoms with Crippen LogP contribution >= 0.6 is 0 Å². The van der Waals surface area contributed by atoms with Gasteiger partial charge in [-0.15, -0.1) is 0 Å². The van der Waals surface area contributed by atoms with Gasteiger partial charge in [-0.2, -0.15) is 5.10 Å². The number of nitrogens with zero attached hydrogens (tertiary/aromatic N) is 7. The highest BCUT2D eigenvalue weighted by Gasteiger charge is 2.24. The summed E-state index contributed by atoms with van der Waals surface area (Å²) in [6, 6.07) is 40.7. The van der Waals surface area contributed by atoms with Crippen LogP contribution in [0.3, 0.4) is 0 Å². The maximum absolute atomic E-state index is 13.5. The summed E-state index contributed by atoms with van der Waals surface area (Å²) in [7, 11) is 0. The minimum absolute atomic E-state index is 0.185. The van der Waals surface area contributed by atoms with Gasteiger partial charge in [0.05, 0.1) is 24.4 Å². The molecule has 13 nitrogen and oxygen atoms in total. The first kappa shape index (κ1) is 40.1. The summed E-state index contributed by atoms with van der Waals surface area (Å²) in [4.78, 5) is 35.6. The summed E-state index contributed by atoms with van der Waals surface area (Å²) in [6.45, 7) is 11.4. The Morgan fingerprint density at radius 1 is 0.667 bits per heavy atom. The maximum atomic E-state index is 13.5. The molecular formula is C47H52N8O5. The molecular weight excluding hydrogens is 757 g/mol. The first-order valence-electron chi connectivity index (χ1n) is 20.7. The van der Waals surface area contributed by atoms with Crippen molar-refractivity contribution in [2.75, 3.05) is 77.3 Å². The molecule has 13 heteroatoms. The summed E-state index contributed by atoms with van der Waals surface area (Å²) >= 11 is 0. The van der Waals surface area contributed by atoms with E-state index in [-0.39, 0.29) is 23.6 Å². The number of nitrogens with one attached hydrogen (secondary N) is 1. The fraction of sp³-hybridized carbons (Fsp3) is 0.298. The number of rotatable bonds is 13. The van der Waals surface area contributed by atoms with Gasteiger partial charge in [-0.05, 0) is 116 Å². The Morgan fingerprint density at radius 2 is 1.13 bits per heavy atom. The van der Waals surface area contributed by atoms with Gasteiger partial charge in [-0.25, -0.2) is 18.8 Å². The van der Waals surface area contributed by atoms with Crippen LogP contribution in [-0.2, 0) is 11.3 Å². The first-order chi connectivity index (χ1) is 29.3. The van der Waals surface area contributed by atoms with Gasteiger partial charge in [0.15, 0.2) is 0 Å². The molecule has 2 aliphatic heterocycles. The molecule has 0 saturated carbocycles. The van der Waals surface area contributed by atoms with Gasteiger partial charge in [0.2, 0.25) is 0 Å². The molecule has 0 radical (unpaired) electrons. The molecule has 0 spiro atoms. The number of hydrogen-bond acceptors (Lipinski definition) is 10. The molecule has 2 aliphatic rings. The Balaban J connectivity index is 0.782. The van der Waals surface area contributed by atoms with Crippen LogP contribution in [0.15, 0.2) is 139 Å². The summed E-state index contributed by atoms with van der Waals surface area (Å²) in [6.07, 6.45) is 1.58. The number of hydrogen-bond donors (Lipinski definition) is 2. The third-order valence-corrected chi connectivity index (χ3v) is 11.5. The summed E-state index contributed by atoms with van der Waals surface area (Å²) in [5.41, 5.74) is 6.72. The van der Waals surface area contributed by atoms with E-state index in [9.17, 15) is 14.7 Å². The summed E-state index contributed by atoms with van der Waals surface area (Å²) < 4.78 is 14.9. The van der Waals surface area contributed by atoms with Gasteiger partial charge in [-0.1, -0.05) is 37.3 Å². The molecule has 5 aromatic carbocycles. The average Bonchev–Trinajstić information content (AvgIpc) is 3.67. The zero-order valence-corrected chi connectivity index (χ0v) is 34.1. The Bertz CT molecular complexity index is 2350. The highest BCUT2D eigenvalue weighted by atomic mass is 16.6. The van der Waals surface area contributed by atoms with Gasteiger partial charge < -0.3 is 34.2 Å². The van der Waals surface area contributed by atoms with E-state index in [4.69, 9.17) is 9.47 Å². The standard InChI is InChI=1S/C47H52N8O5/c1-3-45(35(2)59-33-36-7-5-4-6-8-36)55-47(58)54(34-48-55)42-15-13-39(14-16-42)51-27-31-53(32-28-51)41-19-23-44(24-20-41)60-46(57)49-37-9-11-38(12-10-37)50-25-29-52(30-26-50)40-17-21-43(56)22-18-40/h4-24,34-35,45,56H,3,25-33H2,1-2H3,(H,49,57)/t35-,45-/m0/s1. The fourth-order valence-corrected chi connectivity index (χ4v) is 8.00. The largest absolute Gasteiger partial charge is 0.508 e. The fourth-order valence-electron chi connectivity index (χ4n) is 8.00. The van der Waals surface area contributed by atoms with Gasteiger partial charge >= 0.3 is 11.8 Å². The lowest BCUT2D eigenvalue weighted by molar-refractivity contribution is 0.0117. The van der Waals surface area contributed by atoms with Crippen LogP contribution in [0.25, 0.3) is 5.69 Å². The molecule has 2 fully saturated rings. The summed E-state index contributed by atoms with van der Waals surface area (Å²) in [5.74, 6) is 0.745. The predicted molar refractivity (Wildman–Crippen MR) is 237 cm³/mol. The van der Waals surface area contributed by atoms with Crippen LogP contribution in [0.2, 0.25) is 0 Å². The van der Waals surface area contributed by atoms with Gasteiger partial charge in [0, 0.05) is 80.8 Å². The van der Waals surface area contributed by atoms with Crippen LogP contribution in [0.4, 0.5) is 33.2 Å². The Hall–Kier alpha value is -6.73. The zero-order chi connectivity index (χ0) is 41.4. The lowest BCUT2D eigenvalue weighted by atomic mass is 10.1. The van der Waals surface area contributed by atoms with Crippen molar-refractivity contribution in [2.24, 2.45) is 0 Å². The molecule has 2 N–H and O–H groups in total. The number of phenolic OH excluding ortho intramolecular Hbond substituents is 1. The Morgan fingerprint density at radius 3 is 1.65 bits per heavy atom. The number of phenols is 1. The molecule has 0 aliphatic carbocycles. The van der Waals surface area contributed by atoms with Gasteiger partial charge in [-0.3, -0.25) is 5.32 Å². The molecule has 1 aromatic heterocycles. The Labute approximate surface area is 350 Å². The predicted octanol–water partition coefficient (Wildman–Crippen LogP) is 7.56. The lowest BCUT2D eigenvalue weighted by Gasteiger charge is -2.37. The van der Waals surface area contributed by atoms with Crippen molar-refractivity contribution in [3.63, 3.8) is 0 Å². The molecule has 0 bridgehead atoms. The van der Waals surface area contributed by atoms with Crippen LogP contribution in [0.1, 0.15) is 31.9 Å². The van der Waals surface area contributed by atoms with Crippen LogP contribution in [0.5, 0.6) is 11.5 Å². The molecule has 2 atom stereocenters. The topological polar surface area (TPSA) is 121 Å². The third-order valence-electron chi connectivity index (χ3n) is 11.5. The van der Waals surface area contributed by atoms with Crippen LogP contribution < -0.4 is 35.3 Å². The quantitative estimate of drug-likeness (QED) is 0.121. The number of amides is 1. The van der Waals surface area contributed by atoms with Crippen LogP contribution in [-0.4, -0.2) is 84.0 Å². The number of benzene rings is 5. The minimum atomic E-state index is -0.541. The summed E-state index contributed by atoms with van der Waals surface area (Å²) in [5, 5.41) is 16.9. The number of aromatic hydroxyl groups is 1. The van der Waals surface area contributed by atoms with Crippen LogP contribution in [0, 0.1) is 0 Å². The highest BCUT2D eigenvalue weighted by Crippen LogP contribution is 2.27. The zero-order valence-electron chi connectivity index (χ0n) is 34.1. The van der Waals surface area contributed by atoms with Gasteiger partial charge in [0.1, 0.15) is 17.8 Å². The Kier molecular flexibility index (Phi) is 12.3.